The minimum Gasteiger partial charge on any atom is -0.381 e. The van der Waals surface area contributed by atoms with E-state index in [1.807, 2.05) is 19.2 Å². The van der Waals surface area contributed by atoms with Gasteiger partial charge in [0.15, 0.2) is 0 Å². The number of anilines is 1. The molecule has 17 heavy (non-hydrogen) atoms. The number of aromatic nitrogens is 1. The fraction of sp³-hybridized carbons (Fsp3) is 0.267. The lowest BCUT2D eigenvalue weighted by atomic mass is 10.1. The number of hydrogen-bond acceptors (Lipinski definition) is 2. The third kappa shape index (κ3) is 3.06. The quantitative estimate of drug-likeness (QED) is 0.862. The molecule has 0 radical (unpaired) electrons. The average molecular weight is 226 g/mol. The molecule has 2 aromatic rings. The Morgan fingerprint density at radius 3 is 2.59 bits per heavy atom. The molecule has 0 saturated heterocycles. The summed E-state index contributed by atoms with van der Waals surface area (Å²) in [6.45, 7) is 5.06. The van der Waals surface area contributed by atoms with Gasteiger partial charge in [-0.05, 0) is 36.6 Å². The number of hydrogen-bond donors (Lipinski definition) is 1. The second-order valence-electron chi connectivity index (χ2n) is 4.16. The van der Waals surface area contributed by atoms with Gasteiger partial charge in [0, 0.05) is 24.1 Å². The minimum absolute atomic E-state index is 0.869. The number of nitrogens with zero attached hydrogens (tertiary/aromatic N) is 1. The molecular formula is C15H18N2. The van der Waals surface area contributed by atoms with Crippen molar-refractivity contribution in [3.63, 3.8) is 0 Å². The SMILES string of the molecule is CCc1ccccc1CNc1ccnc(C)c1. The van der Waals surface area contributed by atoms with E-state index in [0.29, 0.717) is 0 Å². The number of nitrogens with one attached hydrogen (secondary N) is 1. The Hall–Kier alpha value is -1.83. The van der Waals surface area contributed by atoms with Gasteiger partial charge < -0.3 is 5.32 Å². The van der Waals surface area contributed by atoms with Gasteiger partial charge in [-0.1, -0.05) is 31.2 Å². The molecule has 1 heterocycles. The van der Waals surface area contributed by atoms with Crippen molar-refractivity contribution in [2.75, 3.05) is 5.32 Å². The predicted molar refractivity (Wildman–Crippen MR) is 72.1 cm³/mol. The van der Waals surface area contributed by atoms with Crippen LogP contribution in [0.2, 0.25) is 0 Å². The molecule has 0 aliphatic heterocycles. The first-order valence-electron chi connectivity index (χ1n) is 6.03. The van der Waals surface area contributed by atoms with E-state index in [0.717, 1.165) is 24.3 Å². The van der Waals surface area contributed by atoms with Crippen LogP contribution in [-0.4, -0.2) is 4.98 Å². The molecule has 0 unspecified atom stereocenters. The summed E-state index contributed by atoms with van der Waals surface area (Å²) >= 11 is 0. The lowest BCUT2D eigenvalue weighted by molar-refractivity contribution is 1.04. The summed E-state index contributed by atoms with van der Waals surface area (Å²) in [5.74, 6) is 0. The maximum Gasteiger partial charge on any atom is 0.0403 e. The van der Waals surface area contributed by atoms with Crippen LogP contribution in [0.3, 0.4) is 0 Å². The smallest absolute Gasteiger partial charge is 0.0403 e. The largest absolute Gasteiger partial charge is 0.381 e. The Balaban J connectivity index is 2.07. The van der Waals surface area contributed by atoms with Crippen LogP contribution in [0.1, 0.15) is 23.7 Å². The summed E-state index contributed by atoms with van der Waals surface area (Å²) in [5.41, 5.74) is 4.94. The van der Waals surface area contributed by atoms with Crippen molar-refractivity contribution >= 4 is 5.69 Å². The first kappa shape index (κ1) is 11.6. The van der Waals surface area contributed by atoms with Crippen molar-refractivity contribution in [1.29, 1.82) is 0 Å². The Bertz CT molecular complexity index is 492. The van der Waals surface area contributed by atoms with Gasteiger partial charge in [0.2, 0.25) is 0 Å². The van der Waals surface area contributed by atoms with E-state index in [1.165, 1.54) is 11.1 Å². The summed E-state index contributed by atoms with van der Waals surface area (Å²) in [7, 11) is 0. The summed E-state index contributed by atoms with van der Waals surface area (Å²) < 4.78 is 0. The molecule has 2 rings (SSSR count). The van der Waals surface area contributed by atoms with Gasteiger partial charge in [0.25, 0.3) is 0 Å². The zero-order valence-electron chi connectivity index (χ0n) is 10.4. The molecule has 0 bridgehead atoms. The Morgan fingerprint density at radius 2 is 1.88 bits per heavy atom. The van der Waals surface area contributed by atoms with Gasteiger partial charge in [-0.25, -0.2) is 0 Å². The molecule has 1 N–H and O–H groups in total. The zero-order chi connectivity index (χ0) is 12.1. The summed E-state index contributed by atoms with van der Waals surface area (Å²) in [6.07, 6.45) is 2.91. The Labute approximate surface area is 103 Å². The molecule has 2 heteroatoms. The molecule has 0 atom stereocenters. The number of benzene rings is 1. The Kier molecular flexibility index (Phi) is 3.76. The van der Waals surface area contributed by atoms with Crippen molar-refractivity contribution in [3.05, 3.63) is 59.4 Å². The highest BCUT2D eigenvalue weighted by Crippen LogP contribution is 2.13. The van der Waals surface area contributed by atoms with Crippen LogP contribution in [0.5, 0.6) is 0 Å². The first-order valence-corrected chi connectivity index (χ1v) is 6.03. The standard InChI is InChI=1S/C15H18N2/c1-3-13-6-4-5-7-14(13)11-17-15-8-9-16-12(2)10-15/h4-10H,3,11H2,1-2H3,(H,16,17). The van der Waals surface area contributed by atoms with E-state index in [4.69, 9.17) is 0 Å². The zero-order valence-corrected chi connectivity index (χ0v) is 10.4. The molecule has 0 amide bonds. The molecule has 0 aliphatic rings. The van der Waals surface area contributed by atoms with Gasteiger partial charge in [0.05, 0.1) is 0 Å². The van der Waals surface area contributed by atoms with Gasteiger partial charge >= 0.3 is 0 Å². The van der Waals surface area contributed by atoms with Gasteiger partial charge in [0.1, 0.15) is 0 Å². The number of aryl methyl sites for hydroxylation is 2. The lowest BCUT2D eigenvalue weighted by Crippen LogP contribution is -2.02. The van der Waals surface area contributed by atoms with E-state index in [2.05, 4.69) is 47.6 Å². The monoisotopic (exact) mass is 226 g/mol. The first-order chi connectivity index (χ1) is 8.29. The van der Waals surface area contributed by atoms with E-state index >= 15 is 0 Å². The van der Waals surface area contributed by atoms with Crippen molar-refractivity contribution < 1.29 is 0 Å². The molecule has 0 spiro atoms. The van der Waals surface area contributed by atoms with E-state index in [9.17, 15) is 0 Å². The minimum atomic E-state index is 0.869. The maximum absolute atomic E-state index is 4.19. The highest BCUT2D eigenvalue weighted by atomic mass is 14.9. The van der Waals surface area contributed by atoms with Crippen LogP contribution in [0.4, 0.5) is 5.69 Å². The van der Waals surface area contributed by atoms with Crippen molar-refractivity contribution in [3.8, 4) is 0 Å². The van der Waals surface area contributed by atoms with Gasteiger partial charge in [-0.15, -0.1) is 0 Å². The average Bonchev–Trinajstić information content (AvgIpc) is 2.37. The molecule has 0 fully saturated rings. The maximum atomic E-state index is 4.19. The summed E-state index contributed by atoms with van der Waals surface area (Å²) in [4.78, 5) is 4.19. The van der Waals surface area contributed by atoms with Gasteiger partial charge in [-0.3, -0.25) is 4.98 Å². The van der Waals surface area contributed by atoms with Crippen molar-refractivity contribution in [1.82, 2.24) is 4.98 Å². The molecule has 0 aliphatic carbocycles. The van der Waals surface area contributed by atoms with Crippen LogP contribution in [0.15, 0.2) is 42.6 Å². The van der Waals surface area contributed by atoms with E-state index < -0.39 is 0 Å². The molecular weight excluding hydrogens is 208 g/mol. The normalized spacial score (nSPS) is 10.2. The van der Waals surface area contributed by atoms with Crippen LogP contribution in [0.25, 0.3) is 0 Å². The van der Waals surface area contributed by atoms with Gasteiger partial charge in [-0.2, -0.15) is 0 Å². The third-order valence-corrected chi connectivity index (χ3v) is 2.88. The highest BCUT2D eigenvalue weighted by Gasteiger charge is 1.99. The fourth-order valence-electron chi connectivity index (χ4n) is 1.93. The molecule has 1 aromatic carbocycles. The summed E-state index contributed by atoms with van der Waals surface area (Å²) in [6, 6.07) is 12.6. The second-order valence-corrected chi connectivity index (χ2v) is 4.16. The second kappa shape index (κ2) is 5.48. The van der Waals surface area contributed by atoms with Crippen molar-refractivity contribution in [2.24, 2.45) is 0 Å². The van der Waals surface area contributed by atoms with Crippen molar-refractivity contribution in [2.45, 2.75) is 26.8 Å². The van der Waals surface area contributed by atoms with Crippen LogP contribution < -0.4 is 5.32 Å². The number of pyridine rings is 1. The third-order valence-electron chi connectivity index (χ3n) is 2.88. The summed E-state index contributed by atoms with van der Waals surface area (Å²) in [5, 5.41) is 3.44. The Morgan fingerprint density at radius 1 is 1.12 bits per heavy atom. The van der Waals surface area contributed by atoms with Crippen LogP contribution >= 0.6 is 0 Å². The van der Waals surface area contributed by atoms with Crippen LogP contribution in [0, 0.1) is 6.92 Å². The van der Waals surface area contributed by atoms with E-state index in [1.54, 1.807) is 0 Å². The highest BCUT2D eigenvalue weighted by molar-refractivity contribution is 5.44. The molecule has 88 valence electrons. The van der Waals surface area contributed by atoms with E-state index in [-0.39, 0.29) is 0 Å². The van der Waals surface area contributed by atoms with Crippen LogP contribution in [-0.2, 0) is 13.0 Å². The number of rotatable bonds is 4. The lowest BCUT2D eigenvalue weighted by Gasteiger charge is -2.10. The predicted octanol–water partition coefficient (Wildman–Crippen LogP) is 3.56. The molecule has 2 nitrogen and oxygen atoms in total. The molecule has 1 aromatic heterocycles. The fourth-order valence-corrected chi connectivity index (χ4v) is 1.93. The topological polar surface area (TPSA) is 24.9 Å². The molecule has 0 saturated carbocycles.